The van der Waals surface area contributed by atoms with E-state index in [0.29, 0.717) is 4.34 Å². The van der Waals surface area contributed by atoms with Gasteiger partial charge in [0.2, 0.25) is 0 Å². The van der Waals surface area contributed by atoms with Gasteiger partial charge in [-0.1, -0.05) is 23.2 Å². The number of nitrogens with one attached hydrogen (secondary N) is 1. The third-order valence-corrected chi connectivity index (χ3v) is 5.40. The van der Waals surface area contributed by atoms with Crippen molar-refractivity contribution in [2.45, 2.75) is 4.21 Å². The lowest BCUT2D eigenvalue weighted by atomic mass is 10.3. The van der Waals surface area contributed by atoms with Crippen LogP contribution in [0, 0.1) is 5.82 Å². The van der Waals surface area contributed by atoms with Gasteiger partial charge in [0.1, 0.15) is 10.0 Å². The summed E-state index contributed by atoms with van der Waals surface area (Å²) in [4.78, 5) is 0. The normalized spacial score (nSPS) is 11.5. The lowest BCUT2D eigenvalue weighted by Gasteiger charge is -2.06. The molecule has 2 aromatic rings. The summed E-state index contributed by atoms with van der Waals surface area (Å²) in [6, 6.07) is 6.51. The summed E-state index contributed by atoms with van der Waals surface area (Å²) in [5.41, 5.74) is 0.0985. The van der Waals surface area contributed by atoms with Gasteiger partial charge in [-0.2, -0.15) is 0 Å². The fraction of sp³-hybridized carbons (Fsp3) is 0. The second-order valence-electron chi connectivity index (χ2n) is 3.29. The second-order valence-corrected chi connectivity index (χ2v) is 7.32. The molecule has 0 unspecified atom stereocenters. The molecule has 1 aromatic heterocycles. The van der Waals surface area contributed by atoms with Crippen LogP contribution in [-0.2, 0) is 10.0 Å². The molecule has 0 amide bonds. The molecule has 96 valence electrons. The highest BCUT2D eigenvalue weighted by Crippen LogP contribution is 2.28. The number of hydrogen-bond acceptors (Lipinski definition) is 3. The third kappa shape index (κ3) is 2.95. The summed E-state index contributed by atoms with van der Waals surface area (Å²) in [5, 5.41) is -0.0721. The largest absolute Gasteiger partial charge is 0.279 e. The predicted molar refractivity (Wildman–Crippen MR) is 71.5 cm³/mol. The van der Waals surface area contributed by atoms with Crippen molar-refractivity contribution in [3.63, 3.8) is 0 Å². The van der Waals surface area contributed by atoms with Gasteiger partial charge in [0.05, 0.1) is 15.0 Å². The molecule has 0 radical (unpaired) electrons. The first-order chi connectivity index (χ1) is 8.38. The molecule has 0 saturated heterocycles. The van der Waals surface area contributed by atoms with Crippen LogP contribution in [0.2, 0.25) is 9.36 Å². The Morgan fingerprint density at radius 3 is 2.44 bits per heavy atom. The van der Waals surface area contributed by atoms with Crippen LogP contribution in [-0.4, -0.2) is 8.42 Å². The Hall–Kier alpha value is -0.820. The van der Waals surface area contributed by atoms with E-state index in [4.69, 9.17) is 23.2 Å². The fourth-order valence-corrected chi connectivity index (χ4v) is 3.86. The van der Waals surface area contributed by atoms with Gasteiger partial charge in [-0.3, -0.25) is 4.72 Å². The van der Waals surface area contributed by atoms with E-state index in [1.54, 1.807) is 0 Å². The number of hydrogen-bond donors (Lipinski definition) is 1. The number of thiophene rings is 1. The van der Waals surface area contributed by atoms with Crippen molar-refractivity contribution in [3.05, 3.63) is 45.5 Å². The standard InChI is InChI=1S/C10H6Cl2FNO2S2/c11-7-2-1-6(5-8(7)13)14-18(15,16)10-4-3-9(12)17-10/h1-5,14H. The molecule has 0 aliphatic rings. The molecule has 8 heteroatoms. The molecule has 3 nitrogen and oxygen atoms in total. The summed E-state index contributed by atoms with van der Waals surface area (Å²) < 4.78 is 39.6. The maximum absolute atomic E-state index is 13.2. The minimum atomic E-state index is -3.75. The molecule has 0 bridgehead atoms. The highest BCUT2D eigenvalue weighted by Gasteiger charge is 2.17. The summed E-state index contributed by atoms with van der Waals surface area (Å²) >= 11 is 12.1. The topological polar surface area (TPSA) is 46.2 Å². The predicted octanol–water partition coefficient (Wildman–Crippen LogP) is 3.99. The average molecular weight is 326 g/mol. The molecule has 0 saturated carbocycles. The van der Waals surface area contributed by atoms with Crippen molar-refractivity contribution < 1.29 is 12.8 Å². The molecule has 0 atom stereocenters. The van der Waals surface area contributed by atoms with Crippen molar-refractivity contribution >= 4 is 50.2 Å². The van der Waals surface area contributed by atoms with Gasteiger partial charge in [0, 0.05) is 0 Å². The zero-order chi connectivity index (χ0) is 13.3. The lowest BCUT2D eigenvalue weighted by Crippen LogP contribution is -2.11. The van der Waals surface area contributed by atoms with Gasteiger partial charge < -0.3 is 0 Å². The van der Waals surface area contributed by atoms with E-state index < -0.39 is 15.8 Å². The maximum Gasteiger partial charge on any atom is 0.271 e. The zero-order valence-electron chi connectivity index (χ0n) is 8.65. The van der Waals surface area contributed by atoms with Crippen LogP contribution in [0.15, 0.2) is 34.5 Å². The molecule has 1 aromatic carbocycles. The van der Waals surface area contributed by atoms with Crippen LogP contribution in [0.1, 0.15) is 0 Å². The van der Waals surface area contributed by atoms with Crippen LogP contribution < -0.4 is 4.72 Å². The van der Waals surface area contributed by atoms with Gasteiger partial charge in [0.15, 0.2) is 0 Å². The van der Waals surface area contributed by atoms with Gasteiger partial charge in [0.25, 0.3) is 10.0 Å². The molecule has 2 rings (SSSR count). The maximum atomic E-state index is 13.2. The summed E-state index contributed by atoms with van der Waals surface area (Å²) in [7, 11) is -3.75. The van der Waals surface area contributed by atoms with E-state index in [2.05, 4.69) is 4.72 Å². The molecule has 1 heterocycles. The number of anilines is 1. The minimum Gasteiger partial charge on any atom is -0.279 e. The number of rotatable bonds is 3. The molecule has 0 spiro atoms. The Labute approximate surface area is 117 Å². The van der Waals surface area contributed by atoms with Crippen LogP contribution in [0.4, 0.5) is 10.1 Å². The zero-order valence-corrected chi connectivity index (χ0v) is 11.8. The van der Waals surface area contributed by atoms with Gasteiger partial charge in [-0.05, 0) is 30.3 Å². The highest BCUT2D eigenvalue weighted by molar-refractivity contribution is 7.94. The Bertz CT molecular complexity index is 685. The Morgan fingerprint density at radius 2 is 1.89 bits per heavy atom. The van der Waals surface area contributed by atoms with Gasteiger partial charge in [-0.25, -0.2) is 12.8 Å². The van der Waals surface area contributed by atoms with E-state index in [9.17, 15) is 12.8 Å². The average Bonchev–Trinajstić information content (AvgIpc) is 2.71. The molecular formula is C10H6Cl2FNO2S2. The van der Waals surface area contributed by atoms with Crippen molar-refractivity contribution in [1.82, 2.24) is 0 Å². The molecule has 18 heavy (non-hydrogen) atoms. The molecule has 0 fully saturated rings. The molecule has 0 aliphatic heterocycles. The van der Waals surface area contributed by atoms with E-state index in [1.165, 1.54) is 24.3 Å². The van der Waals surface area contributed by atoms with Crippen LogP contribution in [0.25, 0.3) is 0 Å². The summed E-state index contributed by atoms with van der Waals surface area (Å²) in [6.07, 6.45) is 0. The van der Waals surface area contributed by atoms with E-state index >= 15 is 0 Å². The van der Waals surface area contributed by atoms with Crippen molar-refractivity contribution in [3.8, 4) is 0 Å². The second kappa shape index (κ2) is 5.05. The number of benzene rings is 1. The van der Waals surface area contributed by atoms with Gasteiger partial charge >= 0.3 is 0 Å². The van der Waals surface area contributed by atoms with E-state index in [1.807, 2.05) is 0 Å². The first kappa shape index (κ1) is 13.6. The van der Waals surface area contributed by atoms with Crippen LogP contribution >= 0.6 is 34.5 Å². The Balaban J connectivity index is 2.30. The Kier molecular flexibility index (Phi) is 3.82. The number of halogens is 3. The van der Waals surface area contributed by atoms with E-state index in [0.717, 1.165) is 17.4 Å². The Morgan fingerprint density at radius 1 is 1.17 bits per heavy atom. The smallest absolute Gasteiger partial charge is 0.271 e. The van der Waals surface area contributed by atoms with Crippen molar-refractivity contribution in [1.29, 1.82) is 0 Å². The lowest BCUT2D eigenvalue weighted by molar-refractivity contribution is 0.603. The SMILES string of the molecule is O=S(=O)(Nc1ccc(Cl)c(F)c1)c1ccc(Cl)s1. The first-order valence-corrected chi connectivity index (χ1v) is 7.67. The minimum absolute atomic E-state index is 0.0582. The summed E-state index contributed by atoms with van der Waals surface area (Å²) in [5.74, 6) is -0.693. The monoisotopic (exact) mass is 325 g/mol. The van der Waals surface area contributed by atoms with Gasteiger partial charge in [-0.15, -0.1) is 11.3 Å². The van der Waals surface area contributed by atoms with E-state index in [-0.39, 0.29) is 14.9 Å². The van der Waals surface area contributed by atoms with Crippen molar-refractivity contribution in [2.75, 3.05) is 4.72 Å². The fourth-order valence-electron chi connectivity index (χ4n) is 1.21. The van der Waals surface area contributed by atoms with Crippen molar-refractivity contribution in [2.24, 2.45) is 0 Å². The quantitative estimate of drug-likeness (QED) is 0.927. The highest BCUT2D eigenvalue weighted by atomic mass is 35.5. The number of sulfonamides is 1. The van der Waals surface area contributed by atoms with Crippen LogP contribution in [0.3, 0.4) is 0 Å². The van der Waals surface area contributed by atoms with Crippen LogP contribution in [0.5, 0.6) is 0 Å². The molecule has 1 N–H and O–H groups in total. The first-order valence-electron chi connectivity index (χ1n) is 4.62. The third-order valence-electron chi connectivity index (χ3n) is 1.99. The molecular weight excluding hydrogens is 320 g/mol. The summed E-state index contributed by atoms with van der Waals surface area (Å²) in [6.45, 7) is 0. The molecule has 0 aliphatic carbocycles.